The minimum Gasteiger partial charge on any atom is -0.497 e. The summed E-state index contributed by atoms with van der Waals surface area (Å²) >= 11 is 0. The Morgan fingerprint density at radius 1 is 1.32 bits per heavy atom. The van der Waals surface area contributed by atoms with Crippen LogP contribution in [-0.2, 0) is 15.3 Å². The van der Waals surface area contributed by atoms with Gasteiger partial charge in [-0.1, -0.05) is 0 Å². The predicted octanol–water partition coefficient (Wildman–Crippen LogP) is 2.89. The number of ether oxygens (including phenoxy) is 3. The Hall–Kier alpha value is -1.75. The molecule has 3 atom stereocenters. The first kappa shape index (κ1) is 13.9. The summed E-state index contributed by atoms with van der Waals surface area (Å²) in [7, 11) is 1.64. The van der Waals surface area contributed by atoms with Crippen LogP contribution in [0.2, 0.25) is 0 Å². The van der Waals surface area contributed by atoms with Gasteiger partial charge in [-0.2, -0.15) is 0 Å². The monoisotopic (exact) mass is 303 g/mol. The smallest absolute Gasteiger partial charge is 0.413 e. The Balaban J connectivity index is 1.79. The van der Waals surface area contributed by atoms with Gasteiger partial charge in [0, 0.05) is 12.1 Å². The van der Waals surface area contributed by atoms with Gasteiger partial charge in [-0.15, -0.1) is 0 Å². The van der Waals surface area contributed by atoms with E-state index in [4.69, 9.17) is 14.2 Å². The molecule has 118 valence electrons. The van der Waals surface area contributed by atoms with Gasteiger partial charge in [-0.05, 0) is 50.5 Å². The van der Waals surface area contributed by atoms with E-state index < -0.39 is 5.79 Å². The molecule has 0 aromatic heterocycles. The largest absolute Gasteiger partial charge is 0.497 e. The molecule has 1 aromatic carbocycles. The molecule has 5 nitrogen and oxygen atoms in total. The van der Waals surface area contributed by atoms with Crippen LogP contribution in [0.15, 0.2) is 24.3 Å². The van der Waals surface area contributed by atoms with Crippen molar-refractivity contribution in [2.75, 3.05) is 20.3 Å². The third-order valence-corrected chi connectivity index (χ3v) is 5.57. The van der Waals surface area contributed by atoms with Gasteiger partial charge in [0.1, 0.15) is 5.75 Å². The number of rotatable bonds is 2. The van der Waals surface area contributed by atoms with Crippen LogP contribution in [-0.4, -0.2) is 36.8 Å². The maximum Gasteiger partial charge on any atom is 0.413 e. The van der Waals surface area contributed by atoms with Gasteiger partial charge in [-0.25, -0.2) is 4.79 Å². The molecule has 3 saturated heterocycles. The van der Waals surface area contributed by atoms with E-state index in [0.717, 1.165) is 37.1 Å². The fraction of sp³-hybridized carbons (Fsp3) is 0.588. The van der Waals surface area contributed by atoms with Crippen molar-refractivity contribution in [3.8, 4) is 5.75 Å². The number of methoxy groups -OCH3 is 1. The third-order valence-electron chi connectivity index (χ3n) is 5.57. The van der Waals surface area contributed by atoms with Crippen LogP contribution in [0.25, 0.3) is 0 Å². The van der Waals surface area contributed by atoms with Crippen molar-refractivity contribution in [3.05, 3.63) is 29.8 Å². The lowest BCUT2D eigenvalue weighted by molar-refractivity contribution is -0.249. The first-order valence-electron chi connectivity index (χ1n) is 7.89. The fourth-order valence-corrected chi connectivity index (χ4v) is 4.44. The second-order valence-corrected chi connectivity index (χ2v) is 6.57. The van der Waals surface area contributed by atoms with E-state index >= 15 is 0 Å². The quantitative estimate of drug-likeness (QED) is 0.843. The van der Waals surface area contributed by atoms with Crippen LogP contribution in [0.3, 0.4) is 0 Å². The molecule has 3 aliphatic heterocycles. The lowest BCUT2D eigenvalue weighted by Crippen LogP contribution is -2.62. The maximum atomic E-state index is 12.5. The summed E-state index contributed by atoms with van der Waals surface area (Å²) in [6, 6.07) is 7.66. The summed E-state index contributed by atoms with van der Waals surface area (Å²) in [4.78, 5) is 14.4. The normalized spacial score (nSPS) is 36.7. The lowest BCUT2D eigenvalue weighted by atomic mass is 9.74. The Labute approximate surface area is 130 Å². The maximum absolute atomic E-state index is 12.5. The summed E-state index contributed by atoms with van der Waals surface area (Å²) in [6.45, 7) is 3.58. The second kappa shape index (κ2) is 4.62. The first-order valence-corrected chi connectivity index (χ1v) is 7.89. The standard InChI is InChI=1S/C17H21NO4/c1-16-9-3-10-18(16)15(19)22-17(14(16)8-11-21-17)12-4-6-13(20-2)7-5-12/h4-7,14H,3,8-11H2,1-2H3/t14-,16+,17+/m1/s1. The van der Waals surface area contributed by atoms with Crippen molar-refractivity contribution in [1.82, 2.24) is 4.90 Å². The highest BCUT2D eigenvalue weighted by Gasteiger charge is 2.64. The minimum atomic E-state index is -0.945. The highest BCUT2D eigenvalue weighted by atomic mass is 16.7. The molecule has 5 heteroatoms. The number of nitrogens with zero attached hydrogens (tertiary/aromatic N) is 1. The van der Waals surface area contributed by atoms with E-state index in [1.807, 2.05) is 29.2 Å². The fourth-order valence-electron chi connectivity index (χ4n) is 4.44. The average molecular weight is 303 g/mol. The molecule has 0 saturated carbocycles. The van der Waals surface area contributed by atoms with Gasteiger partial charge in [0.05, 0.1) is 25.2 Å². The summed E-state index contributed by atoms with van der Waals surface area (Å²) in [5.41, 5.74) is 0.725. The van der Waals surface area contributed by atoms with E-state index in [0.29, 0.717) is 6.61 Å². The zero-order chi connectivity index (χ0) is 15.4. The zero-order valence-corrected chi connectivity index (χ0v) is 13.0. The Kier molecular flexibility index (Phi) is 2.92. The lowest BCUT2D eigenvalue weighted by Gasteiger charge is -2.51. The number of carbonyl (C=O) groups excluding carboxylic acids is 1. The molecule has 1 aromatic rings. The molecule has 0 radical (unpaired) electrons. The van der Waals surface area contributed by atoms with Gasteiger partial charge < -0.3 is 19.1 Å². The summed E-state index contributed by atoms with van der Waals surface area (Å²) in [5.74, 6) is -0.00185. The van der Waals surface area contributed by atoms with Gasteiger partial charge >= 0.3 is 6.09 Å². The van der Waals surface area contributed by atoms with Crippen LogP contribution in [0.5, 0.6) is 5.75 Å². The van der Waals surface area contributed by atoms with Gasteiger partial charge in [0.15, 0.2) is 0 Å². The Morgan fingerprint density at radius 3 is 2.82 bits per heavy atom. The summed E-state index contributed by atoms with van der Waals surface area (Å²) in [5, 5.41) is 0. The highest BCUT2D eigenvalue weighted by Crippen LogP contribution is 2.55. The summed E-state index contributed by atoms with van der Waals surface area (Å²) in [6.07, 6.45) is 2.69. The molecule has 3 fully saturated rings. The molecular formula is C17H21NO4. The highest BCUT2D eigenvalue weighted by molar-refractivity contribution is 5.71. The van der Waals surface area contributed by atoms with Crippen molar-refractivity contribution < 1.29 is 19.0 Å². The van der Waals surface area contributed by atoms with E-state index in [1.54, 1.807) is 7.11 Å². The second-order valence-electron chi connectivity index (χ2n) is 6.57. The summed E-state index contributed by atoms with van der Waals surface area (Å²) < 4.78 is 17.1. The van der Waals surface area contributed by atoms with Gasteiger partial charge in [0.25, 0.3) is 0 Å². The molecule has 3 heterocycles. The van der Waals surface area contributed by atoms with Gasteiger partial charge in [0.2, 0.25) is 5.79 Å². The number of fused-ring (bicyclic) bond motifs is 3. The van der Waals surface area contributed by atoms with Crippen LogP contribution in [0.1, 0.15) is 31.7 Å². The van der Waals surface area contributed by atoms with Crippen molar-refractivity contribution in [3.63, 3.8) is 0 Å². The Morgan fingerprint density at radius 2 is 2.09 bits per heavy atom. The average Bonchev–Trinajstić information content (AvgIpc) is 3.12. The van der Waals surface area contributed by atoms with E-state index in [9.17, 15) is 4.79 Å². The number of hydrogen-bond acceptors (Lipinski definition) is 4. The minimum absolute atomic E-state index is 0.161. The molecule has 4 rings (SSSR count). The number of benzene rings is 1. The van der Waals surface area contributed by atoms with Crippen LogP contribution >= 0.6 is 0 Å². The predicted molar refractivity (Wildman–Crippen MR) is 79.6 cm³/mol. The molecule has 3 aliphatic rings. The molecule has 0 aliphatic carbocycles. The van der Waals surface area contributed by atoms with E-state index in [1.165, 1.54) is 0 Å². The number of amides is 1. The van der Waals surface area contributed by atoms with E-state index in [-0.39, 0.29) is 17.6 Å². The first-order chi connectivity index (χ1) is 10.6. The molecule has 0 bridgehead atoms. The van der Waals surface area contributed by atoms with Crippen LogP contribution in [0, 0.1) is 5.92 Å². The third kappa shape index (κ3) is 1.66. The van der Waals surface area contributed by atoms with Crippen molar-refractivity contribution in [2.24, 2.45) is 5.92 Å². The molecule has 22 heavy (non-hydrogen) atoms. The van der Waals surface area contributed by atoms with Crippen molar-refractivity contribution >= 4 is 6.09 Å². The number of carbonyl (C=O) groups is 1. The van der Waals surface area contributed by atoms with Crippen molar-refractivity contribution in [2.45, 2.75) is 37.5 Å². The van der Waals surface area contributed by atoms with Crippen molar-refractivity contribution in [1.29, 1.82) is 0 Å². The van der Waals surface area contributed by atoms with Crippen LogP contribution < -0.4 is 4.74 Å². The molecule has 0 N–H and O–H groups in total. The molecule has 0 spiro atoms. The molecule has 0 unspecified atom stereocenters. The topological polar surface area (TPSA) is 48.0 Å². The molecule has 1 amide bonds. The molecular weight excluding hydrogens is 282 g/mol. The van der Waals surface area contributed by atoms with E-state index in [2.05, 4.69) is 6.92 Å². The van der Waals surface area contributed by atoms with Crippen LogP contribution in [0.4, 0.5) is 4.79 Å². The zero-order valence-electron chi connectivity index (χ0n) is 13.0. The Bertz CT molecular complexity index is 601. The number of hydrogen-bond donors (Lipinski definition) is 0. The SMILES string of the molecule is COc1ccc([C@@]23OCC[C@@H]2[C@]2(C)CCCN2C(=O)O3)cc1. The van der Waals surface area contributed by atoms with Gasteiger partial charge in [-0.3, -0.25) is 0 Å².